The molecule has 24 heavy (non-hydrogen) atoms. The number of benzene rings is 2. The highest BCUT2D eigenvalue weighted by Gasteiger charge is 2.19. The number of carbonyl (C=O) groups is 1. The van der Waals surface area contributed by atoms with Gasteiger partial charge in [0, 0.05) is 11.7 Å². The molecule has 0 saturated heterocycles. The summed E-state index contributed by atoms with van der Waals surface area (Å²) in [5.41, 5.74) is 3.16. The van der Waals surface area contributed by atoms with E-state index in [0.717, 1.165) is 15.5 Å². The molecule has 3 aromatic rings. The van der Waals surface area contributed by atoms with Crippen LogP contribution in [0.25, 0.3) is 10.2 Å². The molecule has 1 amide bonds. The molecule has 0 fully saturated rings. The second kappa shape index (κ2) is 7.36. The highest BCUT2D eigenvalue weighted by molar-refractivity contribution is 8.01. The Bertz CT molecular complexity index is 843. The summed E-state index contributed by atoms with van der Waals surface area (Å²) in [6.07, 6.45) is 0. The molecule has 0 aliphatic rings. The van der Waals surface area contributed by atoms with Gasteiger partial charge in [-0.25, -0.2) is 4.98 Å². The first kappa shape index (κ1) is 17.0. The molecule has 3 nitrogen and oxygen atoms in total. The van der Waals surface area contributed by atoms with Crippen LogP contribution in [-0.2, 0) is 4.79 Å². The van der Waals surface area contributed by atoms with E-state index in [2.05, 4.69) is 30.1 Å². The van der Waals surface area contributed by atoms with Crippen molar-refractivity contribution in [3.05, 3.63) is 54.1 Å². The third-order valence-corrected chi connectivity index (χ3v) is 5.83. The molecule has 1 heterocycles. The van der Waals surface area contributed by atoms with Gasteiger partial charge in [0.15, 0.2) is 4.34 Å². The molecule has 0 aliphatic carbocycles. The van der Waals surface area contributed by atoms with Gasteiger partial charge >= 0.3 is 0 Å². The maximum absolute atomic E-state index is 12.7. The Morgan fingerprint density at radius 2 is 1.96 bits per heavy atom. The average molecular weight is 357 g/mol. The summed E-state index contributed by atoms with van der Waals surface area (Å²) in [7, 11) is 0. The van der Waals surface area contributed by atoms with E-state index in [-0.39, 0.29) is 11.9 Å². The molecule has 0 unspecified atom stereocenters. The summed E-state index contributed by atoms with van der Waals surface area (Å²) in [6, 6.07) is 16.2. The van der Waals surface area contributed by atoms with Gasteiger partial charge in [-0.1, -0.05) is 36.0 Å². The lowest BCUT2D eigenvalue weighted by Gasteiger charge is -2.26. The molecule has 0 atom stereocenters. The molecule has 0 N–H and O–H groups in total. The quantitative estimate of drug-likeness (QED) is 0.594. The molecule has 0 bridgehead atoms. The summed E-state index contributed by atoms with van der Waals surface area (Å²) >= 11 is 3.16. The van der Waals surface area contributed by atoms with Crippen LogP contribution >= 0.6 is 23.1 Å². The van der Waals surface area contributed by atoms with E-state index < -0.39 is 0 Å². The van der Waals surface area contributed by atoms with Crippen molar-refractivity contribution < 1.29 is 4.79 Å². The molecule has 0 aliphatic heterocycles. The summed E-state index contributed by atoms with van der Waals surface area (Å²) in [4.78, 5) is 19.2. The van der Waals surface area contributed by atoms with Gasteiger partial charge in [-0.3, -0.25) is 4.79 Å². The lowest BCUT2D eigenvalue weighted by Crippen LogP contribution is -2.38. The normalized spacial score (nSPS) is 11.2. The molecule has 124 valence electrons. The van der Waals surface area contributed by atoms with Crippen LogP contribution in [0.15, 0.2) is 52.9 Å². The zero-order valence-corrected chi connectivity index (χ0v) is 15.7. The minimum Gasteiger partial charge on any atom is -0.309 e. The predicted octanol–water partition coefficient (Wildman–Crippen LogP) is 5.14. The number of nitrogens with zero attached hydrogens (tertiary/aromatic N) is 2. The summed E-state index contributed by atoms with van der Waals surface area (Å²) in [6.45, 7) is 6.14. The van der Waals surface area contributed by atoms with E-state index in [0.29, 0.717) is 5.75 Å². The molecule has 1 aromatic heterocycles. The van der Waals surface area contributed by atoms with E-state index in [9.17, 15) is 4.79 Å². The molecule has 0 radical (unpaired) electrons. The second-order valence-corrected chi connectivity index (χ2v) is 8.19. The van der Waals surface area contributed by atoms with Crippen LogP contribution in [0.2, 0.25) is 0 Å². The molecule has 5 heteroatoms. The standard InChI is InChI=1S/C19H20N2OS2/c1-13(2)21(15-7-5-4-6-8-15)18(22)12-23-19-20-16-11-14(3)9-10-17(16)24-19/h4-11,13H,12H2,1-3H3. The van der Waals surface area contributed by atoms with Gasteiger partial charge in [0.2, 0.25) is 5.91 Å². The number of aryl methyl sites for hydroxylation is 1. The fourth-order valence-electron chi connectivity index (χ4n) is 2.59. The summed E-state index contributed by atoms with van der Waals surface area (Å²) in [5, 5.41) is 0. The fourth-order valence-corrected chi connectivity index (χ4v) is 4.50. The lowest BCUT2D eigenvalue weighted by atomic mass is 10.2. The van der Waals surface area contributed by atoms with Gasteiger partial charge in [0.1, 0.15) is 0 Å². The number of rotatable bonds is 5. The Kier molecular flexibility index (Phi) is 5.21. The highest BCUT2D eigenvalue weighted by atomic mass is 32.2. The van der Waals surface area contributed by atoms with Crippen LogP contribution in [0.3, 0.4) is 0 Å². The van der Waals surface area contributed by atoms with Gasteiger partial charge in [-0.2, -0.15) is 0 Å². The topological polar surface area (TPSA) is 33.2 Å². The fraction of sp³-hybridized carbons (Fsp3) is 0.263. The number of anilines is 1. The molecular weight excluding hydrogens is 336 g/mol. The van der Waals surface area contributed by atoms with Crippen molar-refractivity contribution in [3.63, 3.8) is 0 Å². The van der Waals surface area contributed by atoms with Crippen molar-refractivity contribution in [2.75, 3.05) is 10.7 Å². The molecule has 2 aromatic carbocycles. The maximum atomic E-state index is 12.7. The third-order valence-electron chi connectivity index (χ3n) is 3.66. The number of amides is 1. The molecule has 3 rings (SSSR count). The smallest absolute Gasteiger partial charge is 0.237 e. The van der Waals surface area contributed by atoms with Crippen molar-refractivity contribution in [1.82, 2.24) is 4.98 Å². The van der Waals surface area contributed by atoms with Crippen LogP contribution < -0.4 is 4.90 Å². The maximum Gasteiger partial charge on any atom is 0.237 e. The number of para-hydroxylation sites is 1. The number of carbonyl (C=O) groups excluding carboxylic acids is 1. The first-order chi connectivity index (χ1) is 11.5. The first-order valence-electron chi connectivity index (χ1n) is 7.91. The predicted molar refractivity (Wildman–Crippen MR) is 104 cm³/mol. The molecular formula is C19H20N2OS2. The largest absolute Gasteiger partial charge is 0.309 e. The zero-order valence-electron chi connectivity index (χ0n) is 14.0. The van der Waals surface area contributed by atoms with Gasteiger partial charge in [-0.05, 0) is 50.6 Å². The summed E-state index contributed by atoms with van der Waals surface area (Å²) in [5.74, 6) is 0.503. The minimum absolute atomic E-state index is 0.108. The Hall–Kier alpha value is -1.85. The Morgan fingerprint density at radius 1 is 1.21 bits per heavy atom. The van der Waals surface area contributed by atoms with E-state index in [4.69, 9.17) is 0 Å². The van der Waals surface area contributed by atoms with Crippen molar-refractivity contribution in [2.24, 2.45) is 0 Å². The highest BCUT2D eigenvalue weighted by Crippen LogP contribution is 2.30. The number of thiazole rings is 1. The van der Waals surface area contributed by atoms with Crippen molar-refractivity contribution >= 4 is 44.9 Å². The Balaban J connectivity index is 1.73. The second-order valence-electron chi connectivity index (χ2n) is 5.93. The Labute approximate surface area is 150 Å². The van der Waals surface area contributed by atoms with Crippen LogP contribution in [0.5, 0.6) is 0 Å². The minimum atomic E-state index is 0.108. The van der Waals surface area contributed by atoms with Crippen LogP contribution in [-0.4, -0.2) is 22.7 Å². The monoisotopic (exact) mass is 356 g/mol. The van der Waals surface area contributed by atoms with Crippen molar-refractivity contribution in [3.8, 4) is 0 Å². The van der Waals surface area contributed by atoms with Crippen molar-refractivity contribution in [2.45, 2.75) is 31.2 Å². The van der Waals surface area contributed by atoms with Crippen molar-refractivity contribution in [1.29, 1.82) is 0 Å². The summed E-state index contributed by atoms with van der Waals surface area (Å²) < 4.78 is 2.11. The SMILES string of the molecule is Cc1ccc2sc(SCC(=O)N(c3ccccc3)C(C)C)nc2c1. The van der Waals surface area contributed by atoms with E-state index in [1.165, 1.54) is 22.0 Å². The zero-order chi connectivity index (χ0) is 17.1. The number of aromatic nitrogens is 1. The number of thioether (sulfide) groups is 1. The average Bonchev–Trinajstić information content (AvgIpc) is 2.95. The molecule has 0 saturated carbocycles. The Morgan fingerprint density at radius 3 is 2.67 bits per heavy atom. The third kappa shape index (κ3) is 3.79. The number of hydrogen-bond donors (Lipinski definition) is 0. The number of fused-ring (bicyclic) bond motifs is 1. The van der Waals surface area contributed by atoms with Gasteiger partial charge < -0.3 is 4.90 Å². The lowest BCUT2D eigenvalue weighted by molar-refractivity contribution is -0.116. The van der Waals surface area contributed by atoms with Gasteiger partial charge in [0.05, 0.1) is 16.0 Å². The van der Waals surface area contributed by atoms with E-state index in [1.54, 1.807) is 11.3 Å². The first-order valence-corrected chi connectivity index (χ1v) is 9.72. The van der Waals surface area contributed by atoms with E-state index in [1.807, 2.05) is 49.1 Å². The van der Waals surface area contributed by atoms with Crippen LogP contribution in [0, 0.1) is 6.92 Å². The van der Waals surface area contributed by atoms with Crippen LogP contribution in [0.4, 0.5) is 5.69 Å². The number of hydrogen-bond acceptors (Lipinski definition) is 4. The van der Waals surface area contributed by atoms with E-state index >= 15 is 0 Å². The molecule has 0 spiro atoms. The van der Waals surface area contributed by atoms with Gasteiger partial charge in [0.25, 0.3) is 0 Å². The van der Waals surface area contributed by atoms with Crippen LogP contribution in [0.1, 0.15) is 19.4 Å². The van der Waals surface area contributed by atoms with Gasteiger partial charge in [-0.15, -0.1) is 11.3 Å².